The van der Waals surface area contributed by atoms with E-state index < -0.39 is 0 Å². The monoisotopic (exact) mass is 225 g/mol. The molecule has 0 amide bonds. The van der Waals surface area contributed by atoms with E-state index >= 15 is 0 Å². The Kier molecular flexibility index (Phi) is 2.42. The summed E-state index contributed by atoms with van der Waals surface area (Å²) in [6.07, 6.45) is 5.32. The molecule has 0 spiro atoms. The van der Waals surface area contributed by atoms with Gasteiger partial charge in [-0.1, -0.05) is 12.1 Å². The topological polar surface area (TPSA) is 66.5 Å². The van der Waals surface area contributed by atoms with Crippen molar-refractivity contribution in [3.8, 4) is 0 Å². The van der Waals surface area contributed by atoms with Crippen molar-refractivity contribution >= 4 is 16.7 Å². The third kappa shape index (κ3) is 2.08. The van der Waals surface area contributed by atoms with Gasteiger partial charge >= 0.3 is 0 Å². The van der Waals surface area contributed by atoms with Crippen LogP contribution >= 0.6 is 0 Å². The van der Waals surface area contributed by atoms with Crippen molar-refractivity contribution in [2.75, 3.05) is 5.32 Å². The molecule has 2 heterocycles. The van der Waals surface area contributed by atoms with E-state index in [-0.39, 0.29) is 0 Å². The summed E-state index contributed by atoms with van der Waals surface area (Å²) in [6.45, 7) is 0.636. The number of hydrogen-bond acceptors (Lipinski definition) is 4. The zero-order valence-corrected chi connectivity index (χ0v) is 9.09. The Morgan fingerprint density at radius 2 is 2.00 bits per heavy atom. The van der Waals surface area contributed by atoms with Crippen LogP contribution in [0.1, 0.15) is 5.69 Å². The molecule has 0 saturated carbocycles. The molecule has 0 bridgehead atoms. The minimum atomic E-state index is 0.636. The molecule has 84 valence electrons. The van der Waals surface area contributed by atoms with Crippen molar-refractivity contribution in [1.82, 2.24) is 20.2 Å². The van der Waals surface area contributed by atoms with Gasteiger partial charge in [-0.05, 0) is 12.1 Å². The number of nitrogens with zero attached hydrogens (tertiary/aromatic N) is 3. The van der Waals surface area contributed by atoms with Crippen molar-refractivity contribution in [2.45, 2.75) is 6.54 Å². The normalized spacial score (nSPS) is 10.6. The lowest BCUT2D eigenvalue weighted by molar-refractivity contribution is 1.04. The number of rotatable bonds is 3. The van der Waals surface area contributed by atoms with Crippen LogP contribution in [0, 0.1) is 0 Å². The van der Waals surface area contributed by atoms with Crippen molar-refractivity contribution in [3.63, 3.8) is 0 Å². The molecule has 0 saturated heterocycles. The maximum absolute atomic E-state index is 4.52. The van der Waals surface area contributed by atoms with Crippen LogP contribution in [0.5, 0.6) is 0 Å². The number of benzene rings is 1. The van der Waals surface area contributed by atoms with Crippen LogP contribution in [0.3, 0.4) is 0 Å². The lowest BCUT2D eigenvalue weighted by Gasteiger charge is -2.03. The highest BCUT2D eigenvalue weighted by Gasteiger charge is 1.99. The molecule has 0 aliphatic heterocycles. The SMILES string of the molecule is c1ccc2nc(CNc3cn[nH]c3)cnc2c1. The Bertz CT molecular complexity index is 618. The Morgan fingerprint density at radius 3 is 2.82 bits per heavy atom. The van der Waals surface area contributed by atoms with Gasteiger partial charge in [0.2, 0.25) is 0 Å². The summed E-state index contributed by atoms with van der Waals surface area (Å²) in [6, 6.07) is 7.84. The predicted octanol–water partition coefficient (Wildman–Crippen LogP) is 1.96. The number of aromatic nitrogens is 4. The minimum absolute atomic E-state index is 0.636. The first-order chi connectivity index (χ1) is 8.42. The van der Waals surface area contributed by atoms with Gasteiger partial charge in [-0.15, -0.1) is 0 Å². The maximum Gasteiger partial charge on any atom is 0.0890 e. The quantitative estimate of drug-likeness (QED) is 0.715. The lowest BCUT2D eigenvalue weighted by atomic mass is 10.3. The summed E-state index contributed by atoms with van der Waals surface area (Å²) >= 11 is 0. The van der Waals surface area contributed by atoms with E-state index in [2.05, 4.69) is 25.5 Å². The average molecular weight is 225 g/mol. The molecule has 1 aromatic carbocycles. The summed E-state index contributed by atoms with van der Waals surface area (Å²) in [4.78, 5) is 8.87. The summed E-state index contributed by atoms with van der Waals surface area (Å²) in [7, 11) is 0. The fourth-order valence-electron chi connectivity index (χ4n) is 1.62. The first-order valence-corrected chi connectivity index (χ1v) is 5.35. The zero-order valence-electron chi connectivity index (χ0n) is 9.09. The molecular weight excluding hydrogens is 214 g/mol. The van der Waals surface area contributed by atoms with Crippen molar-refractivity contribution in [1.29, 1.82) is 0 Å². The fraction of sp³-hybridized carbons (Fsp3) is 0.0833. The molecule has 0 radical (unpaired) electrons. The number of anilines is 1. The Labute approximate surface area is 97.9 Å². The van der Waals surface area contributed by atoms with E-state index in [1.54, 1.807) is 18.6 Å². The second-order valence-electron chi connectivity index (χ2n) is 3.69. The van der Waals surface area contributed by atoms with Gasteiger partial charge in [-0.3, -0.25) is 10.1 Å². The molecule has 3 aromatic rings. The predicted molar refractivity (Wildman–Crippen MR) is 65.5 cm³/mol. The van der Waals surface area contributed by atoms with E-state index in [1.807, 2.05) is 24.3 Å². The maximum atomic E-state index is 4.52. The van der Waals surface area contributed by atoms with Gasteiger partial charge in [0, 0.05) is 6.20 Å². The van der Waals surface area contributed by atoms with E-state index in [1.165, 1.54) is 0 Å². The number of H-pyrrole nitrogens is 1. The number of aromatic amines is 1. The van der Waals surface area contributed by atoms with Crippen LogP contribution in [-0.2, 0) is 6.54 Å². The highest BCUT2D eigenvalue weighted by Crippen LogP contribution is 2.09. The number of para-hydroxylation sites is 2. The van der Waals surface area contributed by atoms with Crippen molar-refractivity contribution in [2.24, 2.45) is 0 Å². The summed E-state index contributed by atoms with van der Waals surface area (Å²) < 4.78 is 0. The Morgan fingerprint density at radius 1 is 1.12 bits per heavy atom. The van der Waals surface area contributed by atoms with E-state index in [0.717, 1.165) is 22.4 Å². The molecule has 0 atom stereocenters. The average Bonchev–Trinajstić information content (AvgIpc) is 2.89. The standard InChI is InChI=1S/C12H11N5/c1-2-4-12-11(3-1)14-6-10(17-12)5-13-9-7-15-16-8-9/h1-4,6-8,13H,5H2,(H,15,16). The van der Waals surface area contributed by atoms with Crippen LogP contribution in [0.25, 0.3) is 11.0 Å². The summed E-state index contributed by atoms with van der Waals surface area (Å²) in [5.74, 6) is 0. The lowest BCUT2D eigenvalue weighted by Crippen LogP contribution is -2.01. The Hall–Kier alpha value is -2.43. The van der Waals surface area contributed by atoms with Crippen molar-refractivity contribution < 1.29 is 0 Å². The van der Waals surface area contributed by atoms with Gasteiger partial charge in [-0.2, -0.15) is 5.10 Å². The largest absolute Gasteiger partial charge is 0.377 e. The van der Waals surface area contributed by atoms with Gasteiger partial charge in [0.1, 0.15) is 0 Å². The van der Waals surface area contributed by atoms with Gasteiger partial charge in [0.05, 0.1) is 41.4 Å². The van der Waals surface area contributed by atoms with E-state index in [0.29, 0.717) is 6.54 Å². The van der Waals surface area contributed by atoms with Crippen molar-refractivity contribution in [3.05, 3.63) is 48.5 Å². The smallest absolute Gasteiger partial charge is 0.0890 e. The molecule has 2 N–H and O–H groups in total. The molecule has 0 fully saturated rings. The molecule has 0 aliphatic rings. The fourth-order valence-corrected chi connectivity index (χ4v) is 1.62. The molecule has 5 heteroatoms. The minimum Gasteiger partial charge on any atom is -0.377 e. The summed E-state index contributed by atoms with van der Waals surface area (Å²) in [5, 5.41) is 9.82. The second kappa shape index (κ2) is 4.21. The summed E-state index contributed by atoms with van der Waals surface area (Å²) in [5.41, 5.74) is 3.68. The first-order valence-electron chi connectivity index (χ1n) is 5.35. The van der Waals surface area contributed by atoms with Crippen LogP contribution in [0.2, 0.25) is 0 Å². The Balaban J connectivity index is 1.81. The molecule has 0 aliphatic carbocycles. The van der Waals surface area contributed by atoms with Crippen LogP contribution < -0.4 is 5.32 Å². The van der Waals surface area contributed by atoms with E-state index in [4.69, 9.17) is 0 Å². The first kappa shape index (κ1) is 9.77. The zero-order chi connectivity index (χ0) is 11.5. The van der Waals surface area contributed by atoms with Gasteiger partial charge < -0.3 is 5.32 Å². The van der Waals surface area contributed by atoms with Gasteiger partial charge in [-0.25, -0.2) is 4.98 Å². The second-order valence-corrected chi connectivity index (χ2v) is 3.69. The van der Waals surface area contributed by atoms with Gasteiger partial charge in [0.25, 0.3) is 0 Å². The van der Waals surface area contributed by atoms with Crippen LogP contribution in [0.15, 0.2) is 42.9 Å². The highest BCUT2D eigenvalue weighted by atomic mass is 15.1. The van der Waals surface area contributed by atoms with Crippen LogP contribution in [-0.4, -0.2) is 20.2 Å². The third-order valence-corrected chi connectivity index (χ3v) is 2.47. The molecule has 2 aromatic heterocycles. The molecule has 0 unspecified atom stereocenters. The molecule has 5 nitrogen and oxygen atoms in total. The molecule has 17 heavy (non-hydrogen) atoms. The number of fused-ring (bicyclic) bond motifs is 1. The highest BCUT2D eigenvalue weighted by molar-refractivity contribution is 5.73. The molecular formula is C12H11N5. The van der Waals surface area contributed by atoms with Crippen LogP contribution in [0.4, 0.5) is 5.69 Å². The van der Waals surface area contributed by atoms with E-state index in [9.17, 15) is 0 Å². The third-order valence-electron chi connectivity index (χ3n) is 2.47. The number of hydrogen-bond donors (Lipinski definition) is 2. The molecule has 3 rings (SSSR count). The number of nitrogens with one attached hydrogen (secondary N) is 2. The van der Waals surface area contributed by atoms with Gasteiger partial charge in [0.15, 0.2) is 0 Å².